The molecule has 0 spiro atoms. The Labute approximate surface area is 161 Å². The van der Waals surface area contributed by atoms with Gasteiger partial charge in [0, 0.05) is 23.1 Å². The van der Waals surface area contributed by atoms with Crippen LogP contribution in [0.1, 0.15) is 21.7 Å². The summed E-state index contributed by atoms with van der Waals surface area (Å²) in [7, 11) is 0. The van der Waals surface area contributed by atoms with E-state index in [1.165, 1.54) is 6.07 Å². The first-order valence-electron chi connectivity index (χ1n) is 8.92. The van der Waals surface area contributed by atoms with E-state index in [-0.39, 0.29) is 24.7 Å². The SMILES string of the molecule is O=C(NCc1ccccc1F)c1oc2ccccc2c1COc1ccccc1. The molecule has 0 unspecified atom stereocenters. The predicted octanol–water partition coefficient (Wildman–Crippen LogP) is 5.08. The van der Waals surface area contributed by atoms with Crippen molar-refractivity contribution in [2.24, 2.45) is 0 Å². The fraction of sp³-hybridized carbons (Fsp3) is 0.0870. The Morgan fingerprint density at radius 2 is 1.64 bits per heavy atom. The number of carbonyl (C=O) groups excluding carboxylic acids is 1. The summed E-state index contributed by atoms with van der Waals surface area (Å²) in [4.78, 5) is 12.7. The minimum Gasteiger partial charge on any atom is -0.489 e. The van der Waals surface area contributed by atoms with Gasteiger partial charge >= 0.3 is 0 Å². The average Bonchev–Trinajstić information content (AvgIpc) is 3.11. The molecule has 0 fully saturated rings. The number of halogens is 1. The second-order valence-electron chi connectivity index (χ2n) is 6.28. The van der Waals surface area contributed by atoms with Crippen molar-refractivity contribution in [2.75, 3.05) is 0 Å². The normalized spacial score (nSPS) is 10.8. The third-order valence-electron chi connectivity index (χ3n) is 4.43. The van der Waals surface area contributed by atoms with Crippen LogP contribution in [0.4, 0.5) is 4.39 Å². The van der Waals surface area contributed by atoms with Crippen molar-refractivity contribution in [3.8, 4) is 5.75 Å². The second kappa shape index (κ2) is 7.96. The molecule has 140 valence electrons. The molecule has 4 aromatic rings. The van der Waals surface area contributed by atoms with Gasteiger partial charge in [-0.2, -0.15) is 0 Å². The predicted molar refractivity (Wildman–Crippen MR) is 105 cm³/mol. The number of ether oxygens (including phenoxy) is 1. The number of hydrogen-bond donors (Lipinski definition) is 1. The van der Waals surface area contributed by atoms with Gasteiger partial charge < -0.3 is 14.5 Å². The maximum atomic E-state index is 13.8. The molecule has 0 aliphatic rings. The van der Waals surface area contributed by atoms with Gasteiger partial charge in [0.05, 0.1) is 0 Å². The molecule has 5 heteroatoms. The van der Waals surface area contributed by atoms with Gasteiger partial charge in [-0.05, 0) is 24.3 Å². The van der Waals surface area contributed by atoms with E-state index in [1.807, 2.05) is 48.5 Å². The number of hydrogen-bond acceptors (Lipinski definition) is 3. The summed E-state index contributed by atoms with van der Waals surface area (Å²) in [6.07, 6.45) is 0. The molecule has 1 heterocycles. The molecule has 0 aliphatic carbocycles. The maximum absolute atomic E-state index is 13.8. The fourth-order valence-corrected chi connectivity index (χ4v) is 3.00. The molecule has 0 atom stereocenters. The molecular weight excluding hydrogens is 357 g/mol. The molecule has 0 radical (unpaired) electrons. The lowest BCUT2D eigenvalue weighted by Crippen LogP contribution is -2.24. The van der Waals surface area contributed by atoms with E-state index in [2.05, 4.69) is 5.32 Å². The zero-order chi connectivity index (χ0) is 19.3. The standard InChI is InChI=1S/C23H18FNO3/c24-20-12-6-4-8-16(20)14-25-23(26)22-19(15-27-17-9-2-1-3-10-17)18-11-5-7-13-21(18)28-22/h1-13H,14-15H2,(H,25,26). The summed E-state index contributed by atoms with van der Waals surface area (Å²) < 4.78 is 25.4. The van der Waals surface area contributed by atoms with Crippen LogP contribution in [0.15, 0.2) is 83.3 Å². The number of carbonyl (C=O) groups is 1. The molecule has 1 N–H and O–H groups in total. The van der Waals surface area contributed by atoms with E-state index in [0.717, 1.165) is 5.39 Å². The Balaban J connectivity index is 1.58. The van der Waals surface area contributed by atoms with Gasteiger partial charge in [0.15, 0.2) is 5.76 Å². The third-order valence-corrected chi connectivity index (χ3v) is 4.43. The molecule has 0 saturated heterocycles. The number of rotatable bonds is 6. The highest BCUT2D eigenvalue weighted by Gasteiger charge is 2.21. The highest BCUT2D eigenvalue weighted by Crippen LogP contribution is 2.27. The summed E-state index contributed by atoms with van der Waals surface area (Å²) >= 11 is 0. The molecule has 3 aromatic carbocycles. The summed E-state index contributed by atoms with van der Waals surface area (Å²) in [6, 6.07) is 23.1. The van der Waals surface area contributed by atoms with Crippen molar-refractivity contribution >= 4 is 16.9 Å². The van der Waals surface area contributed by atoms with E-state index >= 15 is 0 Å². The number of fused-ring (bicyclic) bond motifs is 1. The minimum atomic E-state index is -0.411. The van der Waals surface area contributed by atoms with E-state index in [9.17, 15) is 9.18 Å². The molecule has 1 amide bonds. The summed E-state index contributed by atoms with van der Waals surface area (Å²) in [5.74, 6) is 0.102. The summed E-state index contributed by atoms with van der Waals surface area (Å²) in [6.45, 7) is 0.255. The molecule has 28 heavy (non-hydrogen) atoms. The Morgan fingerprint density at radius 1 is 0.929 bits per heavy atom. The summed E-state index contributed by atoms with van der Waals surface area (Å²) in [5, 5.41) is 3.54. The number of amides is 1. The second-order valence-corrected chi connectivity index (χ2v) is 6.28. The molecule has 0 bridgehead atoms. The number of furan rings is 1. The molecule has 0 saturated carbocycles. The van der Waals surface area contributed by atoms with Crippen LogP contribution in [0.2, 0.25) is 0 Å². The third kappa shape index (κ3) is 3.74. The lowest BCUT2D eigenvalue weighted by Gasteiger charge is -2.08. The van der Waals surface area contributed by atoms with E-state index in [1.54, 1.807) is 24.3 Å². The van der Waals surface area contributed by atoms with Crippen LogP contribution < -0.4 is 10.1 Å². The topological polar surface area (TPSA) is 51.5 Å². The van der Waals surface area contributed by atoms with Crippen molar-refractivity contribution in [1.29, 1.82) is 0 Å². The van der Waals surface area contributed by atoms with Crippen molar-refractivity contribution in [3.63, 3.8) is 0 Å². The van der Waals surface area contributed by atoms with Gasteiger partial charge in [-0.15, -0.1) is 0 Å². The van der Waals surface area contributed by atoms with Crippen LogP contribution in [0.3, 0.4) is 0 Å². The van der Waals surface area contributed by atoms with Gasteiger partial charge in [-0.3, -0.25) is 4.79 Å². The maximum Gasteiger partial charge on any atom is 0.287 e. The minimum absolute atomic E-state index is 0.0710. The van der Waals surface area contributed by atoms with Crippen LogP contribution in [-0.2, 0) is 13.2 Å². The van der Waals surface area contributed by atoms with Crippen molar-refractivity contribution in [2.45, 2.75) is 13.2 Å². The first-order chi connectivity index (χ1) is 13.7. The summed E-state index contributed by atoms with van der Waals surface area (Å²) in [5.41, 5.74) is 1.67. The van der Waals surface area contributed by atoms with Crippen molar-refractivity contribution in [3.05, 3.63) is 102 Å². The van der Waals surface area contributed by atoms with Gasteiger partial charge in [0.25, 0.3) is 5.91 Å². The molecular formula is C23H18FNO3. The van der Waals surface area contributed by atoms with Crippen LogP contribution >= 0.6 is 0 Å². The van der Waals surface area contributed by atoms with E-state index < -0.39 is 5.91 Å². The van der Waals surface area contributed by atoms with Crippen LogP contribution in [0.5, 0.6) is 5.75 Å². The van der Waals surface area contributed by atoms with Crippen LogP contribution in [-0.4, -0.2) is 5.91 Å². The lowest BCUT2D eigenvalue weighted by molar-refractivity contribution is 0.0921. The van der Waals surface area contributed by atoms with E-state index in [0.29, 0.717) is 22.5 Å². The van der Waals surface area contributed by atoms with Crippen LogP contribution in [0, 0.1) is 5.82 Å². The van der Waals surface area contributed by atoms with E-state index in [4.69, 9.17) is 9.15 Å². The number of para-hydroxylation sites is 2. The lowest BCUT2D eigenvalue weighted by atomic mass is 10.1. The zero-order valence-corrected chi connectivity index (χ0v) is 15.0. The van der Waals surface area contributed by atoms with Gasteiger partial charge in [-0.1, -0.05) is 54.6 Å². The highest BCUT2D eigenvalue weighted by atomic mass is 19.1. The first-order valence-corrected chi connectivity index (χ1v) is 8.92. The zero-order valence-electron chi connectivity index (χ0n) is 15.0. The Kier molecular flexibility index (Phi) is 5.06. The molecule has 4 rings (SSSR count). The van der Waals surface area contributed by atoms with Crippen LogP contribution in [0.25, 0.3) is 11.0 Å². The monoisotopic (exact) mass is 375 g/mol. The first kappa shape index (κ1) is 17.8. The smallest absolute Gasteiger partial charge is 0.287 e. The largest absolute Gasteiger partial charge is 0.489 e. The van der Waals surface area contributed by atoms with Crippen molar-refractivity contribution < 1.29 is 18.3 Å². The average molecular weight is 375 g/mol. The Bertz CT molecular complexity index is 1110. The number of nitrogens with one attached hydrogen (secondary N) is 1. The van der Waals surface area contributed by atoms with Gasteiger partial charge in [0.2, 0.25) is 0 Å². The highest BCUT2D eigenvalue weighted by molar-refractivity contribution is 5.99. The Morgan fingerprint density at radius 3 is 2.46 bits per heavy atom. The number of benzene rings is 3. The van der Waals surface area contributed by atoms with Gasteiger partial charge in [-0.25, -0.2) is 4.39 Å². The molecule has 4 nitrogen and oxygen atoms in total. The van der Waals surface area contributed by atoms with Gasteiger partial charge in [0.1, 0.15) is 23.8 Å². The quantitative estimate of drug-likeness (QED) is 0.511. The van der Waals surface area contributed by atoms with Crippen molar-refractivity contribution in [1.82, 2.24) is 5.32 Å². The molecule has 0 aliphatic heterocycles. The fourth-order valence-electron chi connectivity index (χ4n) is 3.00. The Hall–Kier alpha value is -3.60. The molecule has 1 aromatic heterocycles.